The molecule has 0 spiro atoms. The monoisotopic (exact) mass is 396 g/mol. The van der Waals surface area contributed by atoms with Crippen molar-refractivity contribution in [3.8, 4) is 22.8 Å². The molecule has 0 unspecified atom stereocenters. The van der Waals surface area contributed by atoms with E-state index in [2.05, 4.69) is 4.98 Å². The molecule has 2 aromatic heterocycles. The van der Waals surface area contributed by atoms with Gasteiger partial charge in [0.2, 0.25) is 0 Å². The molecule has 7 heteroatoms. The molecule has 2 aromatic carbocycles. The summed E-state index contributed by atoms with van der Waals surface area (Å²) in [7, 11) is -0.682. The largest absolute Gasteiger partial charge is 0.497 e. The first-order chi connectivity index (χ1) is 13.4. The number of benzene rings is 2. The third-order valence-corrected chi connectivity index (χ3v) is 6.43. The van der Waals surface area contributed by atoms with E-state index in [1.165, 1.54) is 17.3 Å². The van der Waals surface area contributed by atoms with E-state index >= 15 is 0 Å². The van der Waals surface area contributed by atoms with Crippen LogP contribution in [0.1, 0.15) is 5.56 Å². The van der Waals surface area contributed by atoms with E-state index in [0.29, 0.717) is 17.2 Å². The lowest BCUT2D eigenvalue weighted by atomic mass is 10.1. The van der Waals surface area contributed by atoms with Gasteiger partial charge in [-0.25, -0.2) is 12.4 Å². The van der Waals surface area contributed by atoms with Gasteiger partial charge in [-0.15, -0.1) is 0 Å². The Balaban J connectivity index is 1.95. The van der Waals surface area contributed by atoms with Crippen LogP contribution in [0.25, 0.3) is 22.2 Å². The minimum atomic E-state index is -3.79. The van der Waals surface area contributed by atoms with Gasteiger partial charge < -0.3 is 14.5 Å². The van der Waals surface area contributed by atoms with Gasteiger partial charge in [0.25, 0.3) is 10.0 Å². The van der Waals surface area contributed by atoms with Gasteiger partial charge in [-0.3, -0.25) is 0 Å². The van der Waals surface area contributed by atoms with Crippen molar-refractivity contribution in [1.82, 2.24) is 8.96 Å². The number of ether oxygens (including phenoxy) is 2. The quantitative estimate of drug-likeness (QED) is 0.549. The van der Waals surface area contributed by atoms with E-state index in [4.69, 9.17) is 9.47 Å². The fraction of sp³-hybridized carbons (Fsp3) is 0.143. The van der Waals surface area contributed by atoms with Crippen molar-refractivity contribution >= 4 is 20.9 Å². The van der Waals surface area contributed by atoms with Gasteiger partial charge in [0.05, 0.1) is 31.0 Å². The molecule has 0 amide bonds. The molecule has 4 rings (SSSR count). The lowest BCUT2D eigenvalue weighted by Gasteiger charge is -2.10. The van der Waals surface area contributed by atoms with Crippen LogP contribution in [0.15, 0.2) is 65.8 Å². The fourth-order valence-corrected chi connectivity index (χ4v) is 4.55. The number of rotatable bonds is 5. The highest BCUT2D eigenvalue weighted by Crippen LogP contribution is 2.36. The van der Waals surface area contributed by atoms with Gasteiger partial charge in [0.15, 0.2) is 0 Å². The van der Waals surface area contributed by atoms with Crippen LogP contribution >= 0.6 is 0 Å². The highest BCUT2D eigenvalue weighted by molar-refractivity contribution is 7.90. The Morgan fingerprint density at radius 3 is 2.32 bits per heavy atom. The smallest absolute Gasteiger partial charge is 0.268 e. The summed E-state index contributed by atoms with van der Waals surface area (Å²) in [4.78, 5) is 3.40. The topological polar surface area (TPSA) is 73.3 Å². The first-order valence-electron chi connectivity index (χ1n) is 8.68. The molecule has 28 heavy (non-hydrogen) atoms. The molecule has 2 heterocycles. The molecule has 0 radical (unpaired) electrons. The van der Waals surface area contributed by atoms with E-state index in [-0.39, 0.29) is 4.90 Å². The summed E-state index contributed by atoms with van der Waals surface area (Å²) < 4.78 is 38.6. The summed E-state index contributed by atoms with van der Waals surface area (Å²) >= 11 is 0. The molecule has 0 aliphatic rings. The van der Waals surface area contributed by atoms with Crippen molar-refractivity contribution in [1.29, 1.82) is 0 Å². The van der Waals surface area contributed by atoms with Gasteiger partial charge in [-0.2, -0.15) is 0 Å². The summed E-state index contributed by atoms with van der Waals surface area (Å²) in [6.45, 7) is 1.92. The Kier molecular flexibility index (Phi) is 4.39. The molecule has 0 aliphatic heterocycles. The lowest BCUT2D eigenvalue weighted by molar-refractivity contribution is 0.415. The van der Waals surface area contributed by atoms with Crippen LogP contribution in [0.5, 0.6) is 11.5 Å². The first-order valence-corrected chi connectivity index (χ1v) is 10.1. The number of aromatic amines is 1. The number of hydrogen-bond acceptors (Lipinski definition) is 4. The summed E-state index contributed by atoms with van der Waals surface area (Å²) in [5.41, 5.74) is 3.13. The number of nitrogens with one attached hydrogen (secondary N) is 1. The Morgan fingerprint density at radius 2 is 1.64 bits per heavy atom. The SMILES string of the molecule is COc1ccc2[nH]cc(-c3cc(OC)cn3S(=O)(=O)c3ccc(C)cc3)c2c1. The normalized spacial score (nSPS) is 11.7. The predicted octanol–water partition coefficient (Wildman–Crippen LogP) is 4.20. The van der Waals surface area contributed by atoms with Gasteiger partial charge >= 0.3 is 0 Å². The fourth-order valence-electron chi connectivity index (χ4n) is 3.19. The second kappa shape index (κ2) is 6.76. The minimum absolute atomic E-state index is 0.218. The highest BCUT2D eigenvalue weighted by atomic mass is 32.2. The minimum Gasteiger partial charge on any atom is -0.497 e. The van der Waals surface area contributed by atoms with Crippen LogP contribution in [0.2, 0.25) is 0 Å². The molecule has 0 aliphatic carbocycles. The summed E-state index contributed by atoms with van der Waals surface area (Å²) in [5, 5.41) is 0.862. The van der Waals surface area contributed by atoms with Gasteiger partial charge in [-0.05, 0) is 37.3 Å². The van der Waals surface area contributed by atoms with Gasteiger partial charge in [-0.1, -0.05) is 17.7 Å². The molecule has 0 atom stereocenters. The number of fused-ring (bicyclic) bond motifs is 1. The molecule has 0 saturated carbocycles. The number of methoxy groups -OCH3 is 2. The number of nitrogens with zero attached hydrogens (tertiary/aromatic N) is 1. The second-order valence-electron chi connectivity index (χ2n) is 6.49. The zero-order chi connectivity index (χ0) is 19.9. The van der Waals surface area contributed by atoms with Gasteiger partial charge in [0, 0.05) is 28.7 Å². The number of hydrogen-bond donors (Lipinski definition) is 1. The van der Waals surface area contributed by atoms with E-state index in [9.17, 15) is 8.42 Å². The van der Waals surface area contributed by atoms with Crippen LogP contribution in [-0.4, -0.2) is 31.6 Å². The molecule has 1 N–H and O–H groups in total. The van der Waals surface area contributed by atoms with Crippen LogP contribution in [0.4, 0.5) is 0 Å². The summed E-state index contributed by atoms with van der Waals surface area (Å²) in [6, 6.07) is 14.1. The van der Waals surface area contributed by atoms with Crippen molar-refractivity contribution in [2.45, 2.75) is 11.8 Å². The number of aryl methyl sites for hydroxylation is 1. The molecule has 144 valence electrons. The average Bonchev–Trinajstić information content (AvgIpc) is 3.31. The van der Waals surface area contributed by atoms with Crippen molar-refractivity contribution in [3.63, 3.8) is 0 Å². The Hall–Kier alpha value is -3.19. The molecule has 4 aromatic rings. The standard InChI is InChI=1S/C21H20N2O4S/c1-14-4-7-17(8-5-14)28(24,25)23-13-16(27-3)11-21(23)19-12-22-20-9-6-15(26-2)10-18(19)20/h4-13,22H,1-3H3. The number of aromatic nitrogens is 2. The second-order valence-corrected chi connectivity index (χ2v) is 8.31. The van der Waals surface area contributed by atoms with Crippen molar-refractivity contribution in [2.24, 2.45) is 0 Å². The van der Waals surface area contributed by atoms with Crippen molar-refractivity contribution in [3.05, 3.63) is 66.5 Å². The zero-order valence-corrected chi connectivity index (χ0v) is 16.6. The van der Waals surface area contributed by atoms with Crippen molar-refractivity contribution in [2.75, 3.05) is 14.2 Å². The van der Waals surface area contributed by atoms with Crippen LogP contribution in [0.3, 0.4) is 0 Å². The van der Waals surface area contributed by atoms with Gasteiger partial charge in [0.1, 0.15) is 11.5 Å². The molecular weight excluding hydrogens is 376 g/mol. The zero-order valence-electron chi connectivity index (χ0n) is 15.8. The van der Waals surface area contributed by atoms with E-state index < -0.39 is 10.0 Å². The van der Waals surface area contributed by atoms with E-state index in [1.807, 2.05) is 25.1 Å². The third-order valence-electron chi connectivity index (χ3n) is 4.74. The van der Waals surface area contributed by atoms with E-state index in [1.54, 1.807) is 43.6 Å². The highest BCUT2D eigenvalue weighted by Gasteiger charge is 2.23. The molecule has 0 bridgehead atoms. The van der Waals surface area contributed by atoms with E-state index in [0.717, 1.165) is 22.0 Å². The average molecular weight is 396 g/mol. The Bertz CT molecular complexity index is 1250. The maximum absolute atomic E-state index is 13.3. The predicted molar refractivity (Wildman–Crippen MR) is 109 cm³/mol. The maximum Gasteiger partial charge on any atom is 0.268 e. The van der Waals surface area contributed by atoms with Crippen molar-refractivity contribution < 1.29 is 17.9 Å². The van der Waals surface area contributed by atoms with Crippen LogP contribution in [0, 0.1) is 6.92 Å². The molecular formula is C21H20N2O4S. The van der Waals surface area contributed by atoms with Crippen LogP contribution in [-0.2, 0) is 10.0 Å². The first kappa shape index (κ1) is 18.2. The molecule has 0 fully saturated rings. The Morgan fingerprint density at radius 1 is 0.929 bits per heavy atom. The lowest BCUT2D eigenvalue weighted by Crippen LogP contribution is -2.13. The summed E-state index contributed by atoms with van der Waals surface area (Å²) in [6.07, 6.45) is 3.28. The third kappa shape index (κ3) is 2.93. The number of H-pyrrole nitrogens is 1. The molecule has 0 saturated heterocycles. The molecule has 6 nitrogen and oxygen atoms in total. The Labute approximate surface area is 163 Å². The van der Waals surface area contributed by atoms with Crippen LogP contribution < -0.4 is 9.47 Å². The maximum atomic E-state index is 13.3. The summed E-state index contributed by atoms with van der Waals surface area (Å²) in [5.74, 6) is 1.16.